The topological polar surface area (TPSA) is 51.3 Å². The zero-order chi connectivity index (χ0) is 13.5. The first-order chi connectivity index (χ1) is 9.29. The van der Waals surface area contributed by atoms with Crippen molar-refractivity contribution in [3.8, 4) is 0 Å². The Morgan fingerprint density at radius 1 is 1.32 bits per heavy atom. The average Bonchev–Trinajstić information content (AvgIpc) is 2.45. The van der Waals surface area contributed by atoms with Crippen molar-refractivity contribution in [2.45, 2.75) is 25.7 Å². The molecule has 0 radical (unpaired) electrons. The highest BCUT2D eigenvalue weighted by Gasteiger charge is 2.05. The molecule has 0 atom stereocenters. The monoisotopic (exact) mass is 275 g/mol. The van der Waals surface area contributed by atoms with E-state index in [-0.39, 0.29) is 0 Å². The van der Waals surface area contributed by atoms with Gasteiger partial charge in [0.15, 0.2) is 0 Å². The Morgan fingerprint density at radius 2 is 2.21 bits per heavy atom. The van der Waals surface area contributed by atoms with Gasteiger partial charge in [-0.2, -0.15) is 0 Å². The Kier molecular flexibility index (Phi) is 5.31. The van der Waals surface area contributed by atoms with Gasteiger partial charge in [0.05, 0.1) is 5.70 Å². The number of nitrogens with zero attached hydrogens (tertiary/aromatic N) is 2. The van der Waals surface area contributed by atoms with Gasteiger partial charge in [0, 0.05) is 18.0 Å². The highest BCUT2D eigenvalue weighted by molar-refractivity contribution is 6.29. The average molecular weight is 276 g/mol. The number of halogens is 1. The molecule has 1 aromatic heterocycles. The standard InChI is InChI=1S/C15H18ClN3/c16-15-8-6-13(11-19-15)14-7-5-12(10-18-14)4-2-1-3-9-17/h4,6-8,10-11H,1-3,5,9,17H2/b12-4-. The second-order valence-corrected chi connectivity index (χ2v) is 4.87. The van der Waals surface area contributed by atoms with Crippen LogP contribution in [0.25, 0.3) is 5.70 Å². The molecule has 0 unspecified atom stereocenters. The first kappa shape index (κ1) is 14.0. The molecular formula is C15H18ClN3. The van der Waals surface area contributed by atoms with Crippen molar-refractivity contribution in [3.63, 3.8) is 0 Å². The molecule has 19 heavy (non-hydrogen) atoms. The SMILES string of the molecule is NCCCC/C=C1\C=NC(c2ccc(Cl)nc2)=CC1. The molecule has 2 N–H and O–H groups in total. The van der Waals surface area contributed by atoms with Crippen LogP contribution < -0.4 is 5.73 Å². The van der Waals surface area contributed by atoms with Gasteiger partial charge in [0.1, 0.15) is 5.15 Å². The van der Waals surface area contributed by atoms with Crippen molar-refractivity contribution >= 4 is 23.5 Å². The zero-order valence-corrected chi connectivity index (χ0v) is 11.6. The molecule has 4 heteroatoms. The van der Waals surface area contributed by atoms with Crippen molar-refractivity contribution < 1.29 is 0 Å². The van der Waals surface area contributed by atoms with E-state index in [4.69, 9.17) is 17.3 Å². The fourth-order valence-electron chi connectivity index (χ4n) is 1.90. The predicted molar refractivity (Wildman–Crippen MR) is 81.3 cm³/mol. The van der Waals surface area contributed by atoms with Gasteiger partial charge in [-0.25, -0.2) is 4.98 Å². The summed E-state index contributed by atoms with van der Waals surface area (Å²) in [6.07, 6.45) is 12.3. The van der Waals surface area contributed by atoms with Gasteiger partial charge in [0.2, 0.25) is 0 Å². The molecule has 0 aliphatic carbocycles. The van der Waals surface area contributed by atoms with Crippen LogP contribution >= 0.6 is 11.6 Å². The van der Waals surface area contributed by atoms with Gasteiger partial charge in [0.25, 0.3) is 0 Å². The molecular weight excluding hydrogens is 258 g/mol. The number of allylic oxidation sites excluding steroid dienone is 3. The van der Waals surface area contributed by atoms with Crippen molar-refractivity contribution in [1.29, 1.82) is 0 Å². The van der Waals surface area contributed by atoms with Gasteiger partial charge in [-0.1, -0.05) is 23.8 Å². The van der Waals surface area contributed by atoms with Crippen LogP contribution in [0.2, 0.25) is 5.15 Å². The molecule has 1 aromatic rings. The summed E-state index contributed by atoms with van der Waals surface area (Å²) in [6, 6.07) is 3.72. The third kappa shape index (κ3) is 4.30. The Hall–Kier alpha value is -1.45. The zero-order valence-electron chi connectivity index (χ0n) is 10.8. The third-order valence-electron chi connectivity index (χ3n) is 2.99. The number of hydrogen-bond acceptors (Lipinski definition) is 3. The lowest BCUT2D eigenvalue weighted by molar-refractivity contribution is 0.756. The van der Waals surface area contributed by atoms with E-state index in [1.807, 2.05) is 12.3 Å². The minimum atomic E-state index is 0.504. The van der Waals surface area contributed by atoms with Gasteiger partial charge >= 0.3 is 0 Å². The van der Waals surface area contributed by atoms with E-state index in [9.17, 15) is 0 Å². The lowest BCUT2D eigenvalue weighted by Gasteiger charge is -2.08. The molecule has 0 amide bonds. The maximum absolute atomic E-state index is 5.77. The molecule has 0 bridgehead atoms. The van der Waals surface area contributed by atoms with Gasteiger partial charge in [-0.15, -0.1) is 0 Å². The highest BCUT2D eigenvalue weighted by atomic mass is 35.5. The maximum atomic E-state index is 5.77. The van der Waals surface area contributed by atoms with Gasteiger partial charge in [-0.3, -0.25) is 4.99 Å². The number of aliphatic imine (C=N–C) groups is 1. The number of aromatic nitrogens is 1. The van der Waals surface area contributed by atoms with Crippen LogP contribution in [0.4, 0.5) is 0 Å². The number of nitrogens with two attached hydrogens (primary N) is 1. The molecule has 0 saturated carbocycles. The van der Waals surface area contributed by atoms with E-state index >= 15 is 0 Å². The summed E-state index contributed by atoms with van der Waals surface area (Å²) in [5.74, 6) is 0. The van der Waals surface area contributed by atoms with E-state index in [1.54, 1.807) is 12.3 Å². The van der Waals surface area contributed by atoms with Gasteiger partial charge < -0.3 is 5.73 Å². The molecule has 0 aromatic carbocycles. The fraction of sp³-hybridized carbons (Fsp3) is 0.333. The summed E-state index contributed by atoms with van der Waals surface area (Å²) < 4.78 is 0. The van der Waals surface area contributed by atoms with Crippen LogP contribution in [0.1, 0.15) is 31.2 Å². The number of unbranched alkanes of at least 4 members (excludes halogenated alkanes) is 2. The van der Waals surface area contributed by atoms with Crippen LogP contribution in [0.3, 0.4) is 0 Å². The van der Waals surface area contributed by atoms with E-state index in [1.165, 1.54) is 5.57 Å². The normalized spacial score (nSPS) is 16.7. The molecule has 2 heterocycles. The summed E-state index contributed by atoms with van der Waals surface area (Å²) in [4.78, 5) is 8.54. The van der Waals surface area contributed by atoms with Crippen molar-refractivity contribution in [2.24, 2.45) is 10.7 Å². The number of rotatable bonds is 5. The minimum Gasteiger partial charge on any atom is -0.330 e. The van der Waals surface area contributed by atoms with Crippen LogP contribution in [0.5, 0.6) is 0 Å². The molecule has 100 valence electrons. The van der Waals surface area contributed by atoms with Crippen molar-refractivity contribution in [3.05, 3.63) is 46.8 Å². The smallest absolute Gasteiger partial charge is 0.129 e. The summed E-state index contributed by atoms with van der Waals surface area (Å²) in [5.41, 5.74) is 8.70. The lowest BCUT2D eigenvalue weighted by Crippen LogP contribution is -1.97. The Morgan fingerprint density at radius 3 is 2.84 bits per heavy atom. The first-order valence-electron chi connectivity index (χ1n) is 6.55. The summed E-state index contributed by atoms with van der Waals surface area (Å²) >= 11 is 5.77. The van der Waals surface area contributed by atoms with Crippen LogP contribution in [0, 0.1) is 0 Å². The minimum absolute atomic E-state index is 0.504. The third-order valence-corrected chi connectivity index (χ3v) is 3.21. The quantitative estimate of drug-likeness (QED) is 0.659. The summed E-state index contributed by atoms with van der Waals surface area (Å²) in [6.45, 7) is 0.769. The van der Waals surface area contributed by atoms with Crippen molar-refractivity contribution in [2.75, 3.05) is 6.54 Å². The first-order valence-corrected chi connectivity index (χ1v) is 6.92. The molecule has 1 aliphatic rings. The Bertz CT molecular complexity index is 501. The summed E-state index contributed by atoms with van der Waals surface area (Å²) in [5, 5.41) is 0.504. The molecule has 3 nitrogen and oxygen atoms in total. The van der Waals surface area contributed by atoms with E-state index in [2.05, 4.69) is 22.1 Å². The van der Waals surface area contributed by atoms with E-state index in [0.29, 0.717) is 5.15 Å². The van der Waals surface area contributed by atoms with Gasteiger partial charge in [-0.05, 0) is 49.9 Å². The van der Waals surface area contributed by atoms with Crippen LogP contribution in [-0.2, 0) is 0 Å². The summed E-state index contributed by atoms with van der Waals surface area (Å²) in [7, 11) is 0. The van der Waals surface area contributed by atoms with E-state index < -0.39 is 0 Å². The molecule has 1 aliphatic heterocycles. The largest absolute Gasteiger partial charge is 0.330 e. The molecule has 2 rings (SSSR count). The van der Waals surface area contributed by atoms with Crippen molar-refractivity contribution in [1.82, 2.24) is 4.98 Å². The second kappa shape index (κ2) is 7.22. The Labute approximate surface area is 118 Å². The fourth-order valence-corrected chi connectivity index (χ4v) is 2.02. The Balaban J connectivity index is 1.93. The van der Waals surface area contributed by atoms with Crippen LogP contribution in [-0.4, -0.2) is 17.7 Å². The highest BCUT2D eigenvalue weighted by Crippen LogP contribution is 2.22. The number of pyridine rings is 1. The molecule has 0 fully saturated rings. The predicted octanol–water partition coefficient (Wildman–Crippen LogP) is 3.61. The van der Waals surface area contributed by atoms with E-state index in [0.717, 1.165) is 43.5 Å². The second-order valence-electron chi connectivity index (χ2n) is 4.48. The molecule has 0 saturated heterocycles. The maximum Gasteiger partial charge on any atom is 0.129 e. The number of hydrogen-bond donors (Lipinski definition) is 1. The van der Waals surface area contributed by atoms with Crippen LogP contribution in [0.15, 0.2) is 41.0 Å². The molecule has 0 spiro atoms. The lowest BCUT2D eigenvalue weighted by atomic mass is 10.1.